The zero-order valence-electron chi connectivity index (χ0n) is 38.9. The minimum Gasteiger partial charge on any atom is -0.394 e. The maximum absolute atomic E-state index is 13.0. The summed E-state index contributed by atoms with van der Waals surface area (Å²) in [5, 5.41) is 54.4. The number of carbonyl (C=O) groups excluding carboxylic acids is 1. The van der Waals surface area contributed by atoms with Gasteiger partial charge in [-0.2, -0.15) is 0 Å². The van der Waals surface area contributed by atoms with E-state index >= 15 is 0 Å². The van der Waals surface area contributed by atoms with Crippen LogP contribution in [0.4, 0.5) is 0 Å². The van der Waals surface area contributed by atoms with Gasteiger partial charge in [0.25, 0.3) is 0 Å². The number of aliphatic hydroxyl groups is 5. The van der Waals surface area contributed by atoms with Gasteiger partial charge in [0.15, 0.2) is 6.29 Å². The lowest BCUT2D eigenvalue weighted by Gasteiger charge is -2.40. The SMILES string of the molecule is CC/C=C\C/C=C\C/C=C\C/C=C\C/C=C\CCCC(=O)NC(COC1OC(CO)C(O)C(O)C1O)C(O)CCCCCCCCCCCCCCCCCCCCCCC. The molecule has 1 aliphatic heterocycles. The molecule has 0 radical (unpaired) electrons. The molecule has 1 fully saturated rings. The Balaban J connectivity index is 2.32. The van der Waals surface area contributed by atoms with Crippen molar-refractivity contribution < 1.29 is 39.8 Å². The van der Waals surface area contributed by atoms with Gasteiger partial charge in [0.1, 0.15) is 24.4 Å². The van der Waals surface area contributed by atoms with E-state index in [4.69, 9.17) is 9.47 Å². The average Bonchev–Trinajstić information content (AvgIpc) is 3.26. The molecule has 0 bridgehead atoms. The molecule has 1 heterocycles. The van der Waals surface area contributed by atoms with Gasteiger partial charge >= 0.3 is 0 Å². The lowest BCUT2D eigenvalue weighted by molar-refractivity contribution is -0.302. The number of hydrogen-bond donors (Lipinski definition) is 6. The zero-order valence-corrected chi connectivity index (χ0v) is 38.9. The van der Waals surface area contributed by atoms with Crippen LogP contribution in [0.25, 0.3) is 0 Å². The van der Waals surface area contributed by atoms with Crippen LogP contribution in [-0.2, 0) is 14.3 Å². The topological polar surface area (TPSA) is 149 Å². The quantitative estimate of drug-likeness (QED) is 0.0263. The van der Waals surface area contributed by atoms with E-state index in [0.29, 0.717) is 12.8 Å². The summed E-state index contributed by atoms with van der Waals surface area (Å²) in [7, 11) is 0. The average molecular weight is 860 g/mol. The highest BCUT2D eigenvalue weighted by Crippen LogP contribution is 2.23. The van der Waals surface area contributed by atoms with Gasteiger partial charge in [0.05, 0.1) is 25.4 Å². The smallest absolute Gasteiger partial charge is 0.220 e. The van der Waals surface area contributed by atoms with Gasteiger partial charge in [-0.05, 0) is 51.4 Å². The molecule has 1 amide bonds. The molecule has 1 saturated heterocycles. The number of nitrogens with one attached hydrogen (secondary N) is 1. The van der Waals surface area contributed by atoms with Crippen LogP contribution in [0.1, 0.15) is 206 Å². The Morgan fingerprint density at radius 3 is 1.44 bits per heavy atom. The van der Waals surface area contributed by atoms with E-state index in [1.807, 2.05) is 0 Å². The van der Waals surface area contributed by atoms with E-state index in [1.165, 1.54) is 116 Å². The van der Waals surface area contributed by atoms with Crippen molar-refractivity contribution in [2.75, 3.05) is 13.2 Å². The van der Waals surface area contributed by atoms with Crippen molar-refractivity contribution in [3.63, 3.8) is 0 Å². The number of rotatable bonds is 41. The number of unbranched alkanes of at least 4 members (excludes halogenated alkanes) is 21. The van der Waals surface area contributed by atoms with E-state index < -0.39 is 49.5 Å². The van der Waals surface area contributed by atoms with Crippen LogP contribution in [0, 0.1) is 0 Å². The second-order valence-electron chi connectivity index (χ2n) is 17.2. The number of hydrogen-bond acceptors (Lipinski definition) is 8. The predicted molar refractivity (Wildman–Crippen MR) is 253 cm³/mol. The summed E-state index contributed by atoms with van der Waals surface area (Å²) in [6.07, 6.45) is 48.1. The fourth-order valence-electron chi connectivity index (χ4n) is 7.67. The number of allylic oxidation sites excluding steroid dienone is 10. The third-order valence-corrected chi connectivity index (χ3v) is 11.6. The molecule has 9 heteroatoms. The normalized spacial score (nSPS) is 20.9. The molecule has 0 aliphatic carbocycles. The minimum absolute atomic E-state index is 0.163. The van der Waals surface area contributed by atoms with Crippen molar-refractivity contribution in [3.05, 3.63) is 60.8 Å². The zero-order chi connectivity index (χ0) is 44.4. The third-order valence-electron chi connectivity index (χ3n) is 11.6. The molecule has 61 heavy (non-hydrogen) atoms. The van der Waals surface area contributed by atoms with Crippen LogP contribution in [0.3, 0.4) is 0 Å². The minimum atomic E-state index is -1.57. The summed E-state index contributed by atoms with van der Waals surface area (Å²) in [5.41, 5.74) is 0. The molecule has 0 aromatic rings. The van der Waals surface area contributed by atoms with Gasteiger partial charge < -0.3 is 40.3 Å². The lowest BCUT2D eigenvalue weighted by atomic mass is 9.99. The van der Waals surface area contributed by atoms with E-state index in [1.54, 1.807) is 0 Å². The largest absolute Gasteiger partial charge is 0.394 e. The molecule has 7 unspecified atom stereocenters. The van der Waals surface area contributed by atoms with E-state index in [9.17, 15) is 30.3 Å². The van der Waals surface area contributed by atoms with Gasteiger partial charge in [-0.1, -0.05) is 209 Å². The van der Waals surface area contributed by atoms with Crippen molar-refractivity contribution in [1.82, 2.24) is 5.32 Å². The highest BCUT2D eigenvalue weighted by Gasteiger charge is 2.44. The predicted octanol–water partition coefficient (Wildman–Crippen LogP) is 11.2. The Bertz CT molecular complexity index is 1140. The second kappa shape index (κ2) is 41.9. The Kier molecular flexibility index (Phi) is 39.1. The molecular formula is C52H93NO8. The second-order valence-corrected chi connectivity index (χ2v) is 17.2. The van der Waals surface area contributed by atoms with Crippen molar-refractivity contribution in [2.24, 2.45) is 0 Å². The standard InChI is InChI=1S/C52H93NO8/c1-3-5-7-9-11-13-15-17-19-21-22-23-24-26-27-29-31-33-35-37-39-41-46(55)45(44-60-52-51(59)50(58)49(57)47(43-54)61-52)53-48(56)42-40-38-36-34-32-30-28-25-20-18-16-14-12-10-8-6-4-2/h6,8,12,14,18,20,28,30,34,36,45-47,49-52,54-55,57-59H,3-5,7,9-11,13,15-17,19,21-27,29,31-33,35,37-44H2,1-2H3,(H,53,56)/b8-6-,14-12-,20-18-,30-28-,36-34-. The molecule has 0 saturated carbocycles. The first-order valence-corrected chi connectivity index (χ1v) is 25.0. The molecule has 1 aliphatic rings. The number of amides is 1. The highest BCUT2D eigenvalue weighted by molar-refractivity contribution is 5.76. The van der Waals surface area contributed by atoms with Crippen LogP contribution in [0.5, 0.6) is 0 Å². The first-order valence-electron chi connectivity index (χ1n) is 25.0. The molecule has 0 aromatic carbocycles. The summed E-state index contributed by atoms with van der Waals surface area (Å²) in [6.45, 7) is 3.69. The van der Waals surface area contributed by atoms with Crippen LogP contribution in [0.2, 0.25) is 0 Å². The van der Waals surface area contributed by atoms with Crippen LogP contribution in [0.15, 0.2) is 60.8 Å². The molecule has 9 nitrogen and oxygen atoms in total. The summed E-state index contributed by atoms with van der Waals surface area (Å²) in [6, 6.07) is -0.751. The van der Waals surface area contributed by atoms with Crippen LogP contribution >= 0.6 is 0 Å². The maximum Gasteiger partial charge on any atom is 0.220 e. The molecule has 0 aromatic heterocycles. The first kappa shape index (κ1) is 56.9. The fraction of sp³-hybridized carbons (Fsp3) is 0.788. The van der Waals surface area contributed by atoms with Gasteiger partial charge in [0, 0.05) is 6.42 Å². The lowest BCUT2D eigenvalue weighted by Crippen LogP contribution is -2.60. The van der Waals surface area contributed by atoms with Crippen LogP contribution < -0.4 is 5.32 Å². The fourth-order valence-corrected chi connectivity index (χ4v) is 7.67. The number of ether oxygens (including phenoxy) is 2. The molecule has 7 atom stereocenters. The van der Waals surface area contributed by atoms with E-state index in [2.05, 4.69) is 79.9 Å². The first-order chi connectivity index (χ1) is 29.8. The number of carbonyl (C=O) groups is 1. The van der Waals surface area contributed by atoms with Gasteiger partial charge in [-0.3, -0.25) is 4.79 Å². The van der Waals surface area contributed by atoms with Crippen molar-refractivity contribution in [1.29, 1.82) is 0 Å². The molecule has 1 rings (SSSR count). The summed E-state index contributed by atoms with van der Waals surface area (Å²) in [5.74, 6) is -0.201. The summed E-state index contributed by atoms with van der Waals surface area (Å²) < 4.78 is 11.3. The summed E-state index contributed by atoms with van der Waals surface area (Å²) in [4.78, 5) is 13.0. The van der Waals surface area contributed by atoms with E-state index in [-0.39, 0.29) is 18.9 Å². The van der Waals surface area contributed by atoms with Gasteiger partial charge in [-0.15, -0.1) is 0 Å². The van der Waals surface area contributed by atoms with Crippen molar-refractivity contribution >= 4 is 5.91 Å². The Hall–Kier alpha value is -2.11. The third kappa shape index (κ3) is 32.2. The summed E-state index contributed by atoms with van der Waals surface area (Å²) >= 11 is 0. The maximum atomic E-state index is 13.0. The van der Waals surface area contributed by atoms with Crippen molar-refractivity contribution in [2.45, 2.75) is 249 Å². The van der Waals surface area contributed by atoms with Gasteiger partial charge in [-0.25, -0.2) is 0 Å². The van der Waals surface area contributed by atoms with E-state index in [0.717, 1.165) is 57.8 Å². The molecule has 6 N–H and O–H groups in total. The molecule has 0 spiro atoms. The van der Waals surface area contributed by atoms with Crippen LogP contribution in [-0.4, -0.2) is 87.5 Å². The Labute approximate surface area is 373 Å². The Morgan fingerprint density at radius 2 is 1.00 bits per heavy atom. The molecular weight excluding hydrogens is 767 g/mol. The number of aliphatic hydroxyl groups excluding tert-OH is 5. The Morgan fingerprint density at radius 1 is 0.574 bits per heavy atom. The highest BCUT2D eigenvalue weighted by atomic mass is 16.7. The monoisotopic (exact) mass is 860 g/mol. The van der Waals surface area contributed by atoms with Gasteiger partial charge in [0.2, 0.25) is 5.91 Å². The van der Waals surface area contributed by atoms with Crippen molar-refractivity contribution in [3.8, 4) is 0 Å². The molecule has 354 valence electrons.